The fraction of sp³-hybridized carbons (Fsp3) is 0.462. The van der Waals surface area contributed by atoms with E-state index in [-0.39, 0.29) is 11.7 Å². The Morgan fingerprint density at radius 3 is 2.53 bits per heavy atom. The van der Waals surface area contributed by atoms with E-state index >= 15 is 0 Å². The average Bonchev–Trinajstić information content (AvgIpc) is 2.30. The molecule has 4 heteroatoms. The lowest BCUT2D eigenvalue weighted by Gasteiger charge is -2.13. The van der Waals surface area contributed by atoms with Crippen molar-refractivity contribution in [1.82, 2.24) is 0 Å². The lowest BCUT2D eigenvalue weighted by atomic mass is 10.2. The Labute approximate surface area is 102 Å². The first-order valence-corrected chi connectivity index (χ1v) is 5.44. The van der Waals surface area contributed by atoms with Crippen molar-refractivity contribution in [2.75, 3.05) is 19.8 Å². The maximum Gasteiger partial charge on any atom is 0.331 e. The minimum absolute atomic E-state index is 0.266. The van der Waals surface area contributed by atoms with Crippen LogP contribution in [0.1, 0.15) is 13.3 Å². The Kier molecular flexibility index (Phi) is 9.01. The molecule has 0 aromatic carbocycles. The summed E-state index contributed by atoms with van der Waals surface area (Å²) in [6, 6.07) is 0. The molecule has 0 rings (SSSR count). The second-order valence-electron chi connectivity index (χ2n) is 3.47. The first-order chi connectivity index (χ1) is 8.11. The summed E-state index contributed by atoms with van der Waals surface area (Å²) in [5, 5.41) is 8.78. The van der Waals surface area contributed by atoms with Crippen LogP contribution in [0.5, 0.6) is 0 Å². The van der Waals surface area contributed by atoms with Crippen LogP contribution in [0.25, 0.3) is 0 Å². The summed E-state index contributed by atoms with van der Waals surface area (Å²) >= 11 is 0. The summed E-state index contributed by atoms with van der Waals surface area (Å²) in [5.74, 6) is -0.941. The number of ether oxygens (including phenoxy) is 2. The molecule has 0 aliphatic rings. The fourth-order valence-corrected chi connectivity index (χ4v) is 1.12. The minimum atomic E-state index is -0.941. The normalized spacial score (nSPS) is 13.1. The van der Waals surface area contributed by atoms with Gasteiger partial charge in [0.25, 0.3) is 0 Å². The average molecular weight is 240 g/mol. The molecule has 0 saturated carbocycles. The summed E-state index contributed by atoms with van der Waals surface area (Å²) < 4.78 is 10.7. The Balaban J connectivity index is 4.21. The van der Waals surface area contributed by atoms with Crippen molar-refractivity contribution in [3.8, 4) is 0 Å². The number of rotatable bonds is 10. The molecule has 1 N–H and O–H groups in total. The van der Waals surface area contributed by atoms with Gasteiger partial charge in [-0.1, -0.05) is 12.2 Å². The van der Waals surface area contributed by atoms with Gasteiger partial charge in [0.15, 0.2) is 0 Å². The monoisotopic (exact) mass is 240 g/mol. The summed E-state index contributed by atoms with van der Waals surface area (Å²) in [6.07, 6.45) is 5.21. The first-order valence-electron chi connectivity index (χ1n) is 5.44. The molecule has 96 valence electrons. The van der Waals surface area contributed by atoms with Crippen LogP contribution < -0.4 is 0 Å². The molecule has 0 aliphatic carbocycles. The van der Waals surface area contributed by atoms with Crippen LogP contribution in [-0.4, -0.2) is 37.0 Å². The fourth-order valence-electron chi connectivity index (χ4n) is 1.12. The van der Waals surface area contributed by atoms with Crippen molar-refractivity contribution >= 4 is 5.97 Å². The molecule has 0 bridgehead atoms. The van der Waals surface area contributed by atoms with E-state index in [9.17, 15) is 4.79 Å². The molecule has 1 atom stereocenters. The van der Waals surface area contributed by atoms with Gasteiger partial charge in [-0.2, -0.15) is 0 Å². The smallest absolute Gasteiger partial charge is 0.331 e. The Morgan fingerprint density at radius 2 is 2.00 bits per heavy atom. The molecular weight excluding hydrogens is 220 g/mol. The van der Waals surface area contributed by atoms with Gasteiger partial charge < -0.3 is 14.6 Å². The lowest BCUT2D eigenvalue weighted by Crippen LogP contribution is -2.15. The highest BCUT2D eigenvalue weighted by Crippen LogP contribution is 2.06. The van der Waals surface area contributed by atoms with Gasteiger partial charge in [-0.15, -0.1) is 13.2 Å². The Morgan fingerprint density at radius 1 is 1.35 bits per heavy atom. The molecule has 0 fully saturated rings. The van der Waals surface area contributed by atoms with Crippen LogP contribution in [0, 0.1) is 0 Å². The highest BCUT2D eigenvalue weighted by Gasteiger charge is 2.08. The van der Waals surface area contributed by atoms with Crippen molar-refractivity contribution in [1.29, 1.82) is 0 Å². The van der Waals surface area contributed by atoms with Crippen LogP contribution in [0.2, 0.25) is 0 Å². The zero-order valence-corrected chi connectivity index (χ0v) is 10.2. The summed E-state index contributed by atoms with van der Waals surface area (Å²) in [6.45, 7) is 9.99. The van der Waals surface area contributed by atoms with Gasteiger partial charge in [-0.05, 0) is 13.0 Å². The molecule has 0 aromatic heterocycles. The minimum Gasteiger partial charge on any atom is -0.478 e. The predicted molar refractivity (Wildman–Crippen MR) is 67.0 cm³/mol. The van der Waals surface area contributed by atoms with E-state index in [0.717, 1.165) is 0 Å². The van der Waals surface area contributed by atoms with E-state index in [1.165, 1.54) is 6.92 Å². The van der Waals surface area contributed by atoms with E-state index in [4.69, 9.17) is 14.6 Å². The van der Waals surface area contributed by atoms with Gasteiger partial charge in [0.05, 0.1) is 19.3 Å². The van der Waals surface area contributed by atoms with Crippen molar-refractivity contribution in [3.63, 3.8) is 0 Å². The highest BCUT2D eigenvalue weighted by atomic mass is 16.5. The molecule has 0 radical (unpaired) electrons. The topological polar surface area (TPSA) is 55.8 Å². The summed E-state index contributed by atoms with van der Waals surface area (Å²) in [7, 11) is 0. The van der Waals surface area contributed by atoms with Crippen LogP contribution in [-0.2, 0) is 14.3 Å². The van der Waals surface area contributed by atoms with E-state index in [0.29, 0.717) is 26.2 Å². The van der Waals surface area contributed by atoms with E-state index in [1.54, 1.807) is 18.2 Å². The Hall–Kier alpha value is -1.39. The number of carbonyl (C=O) groups is 1. The van der Waals surface area contributed by atoms with Crippen molar-refractivity contribution in [2.45, 2.75) is 19.4 Å². The van der Waals surface area contributed by atoms with Gasteiger partial charge in [0, 0.05) is 18.6 Å². The molecule has 1 unspecified atom stereocenters. The number of carboxylic acid groups (broad SMARTS) is 1. The number of hydrogen-bond acceptors (Lipinski definition) is 3. The zero-order valence-electron chi connectivity index (χ0n) is 10.2. The molecule has 4 nitrogen and oxygen atoms in total. The molecule has 0 spiro atoms. The van der Waals surface area contributed by atoms with Crippen molar-refractivity contribution < 1.29 is 19.4 Å². The number of hydrogen-bond donors (Lipinski definition) is 1. The van der Waals surface area contributed by atoms with Gasteiger partial charge in [-0.25, -0.2) is 4.79 Å². The van der Waals surface area contributed by atoms with E-state index in [2.05, 4.69) is 13.2 Å². The second-order valence-corrected chi connectivity index (χ2v) is 3.47. The largest absolute Gasteiger partial charge is 0.478 e. The number of aliphatic carboxylic acids is 1. The van der Waals surface area contributed by atoms with E-state index in [1.807, 2.05) is 0 Å². The van der Waals surface area contributed by atoms with Crippen molar-refractivity contribution in [2.24, 2.45) is 0 Å². The molecule has 0 aliphatic heterocycles. The van der Waals surface area contributed by atoms with Crippen LogP contribution >= 0.6 is 0 Å². The van der Waals surface area contributed by atoms with Gasteiger partial charge in [0.2, 0.25) is 0 Å². The quantitative estimate of drug-likeness (QED) is 0.361. The maximum atomic E-state index is 10.7. The van der Waals surface area contributed by atoms with Crippen LogP contribution in [0.15, 0.2) is 37.0 Å². The summed E-state index contributed by atoms with van der Waals surface area (Å²) in [5.41, 5.74) is 0.266. The molecule has 17 heavy (non-hydrogen) atoms. The van der Waals surface area contributed by atoms with Crippen LogP contribution in [0.3, 0.4) is 0 Å². The standard InChI is InChI=1S/C13H20O4/c1-4-7-16-9-6-12(17-8-5-2)10-11(3)13(14)15/h4-5,10,12H,1-2,6-9H2,3H3,(H,14,15). The lowest BCUT2D eigenvalue weighted by molar-refractivity contribution is -0.132. The van der Waals surface area contributed by atoms with Crippen molar-refractivity contribution in [3.05, 3.63) is 37.0 Å². The molecule has 0 aromatic rings. The third kappa shape index (κ3) is 8.42. The predicted octanol–water partition coefficient (Wildman–Crippen LogP) is 2.18. The van der Waals surface area contributed by atoms with Gasteiger partial charge >= 0.3 is 5.97 Å². The second kappa shape index (κ2) is 9.81. The Bertz CT molecular complexity index is 281. The third-order valence-electron chi connectivity index (χ3n) is 1.98. The third-order valence-corrected chi connectivity index (χ3v) is 1.98. The molecule has 0 saturated heterocycles. The molecule has 0 amide bonds. The molecule has 0 heterocycles. The maximum absolute atomic E-state index is 10.7. The van der Waals surface area contributed by atoms with Gasteiger partial charge in [-0.3, -0.25) is 0 Å². The SMILES string of the molecule is C=CCOCCC(C=C(C)C(=O)O)OCC=C. The number of carboxylic acids is 1. The van der Waals surface area contributed by atoms with E-state index < -0.39 is 5.97 Å². The van der Waals surface area contributed by atoms with Crippen LogP contribution in [0.4, 0.5) is 0 Å². The molecular formula is C13H20O4. The van der Waals surface area contributed by atoms with Gasteiger partial charge in [0.1, 0.15) is 0 Å². The summed E-state index contributed by atoms with van der Waals surface area (Å²) in [4.78, 5) is 10.7. The zero-order chi connectivity index (χ0) is 13.1. The first kappa shape index (κ1) is 15.6. The highest BCUT2D eigenvalue weighted by molar-refractivity contribution is 5.85.